The van der Waals surface area contributed by atoms with Crippen LogP contribution < -0.4 is 0 Å². The van der Waals surface area contributed by atoms with E-state index >= 15 is 0 Å². The molecule has 2 amide bonds. The van der Waals surface area contributed by atoms with Crippen LogP contribution in [-0.4, -0.2) is 90.8 Å². The maximum Gasteiger partial charge on any atom is 0.289 e. The molecule has 8 heteroatoms. The molecule has 0 saturated carbocycles. The summed E-state index contributed by atoms with van der Waals surface area (Å²) < 4.78 is 5.15. The van der Waals surface area contributed by atoms with Crippen molar-refractivity contribution in [3.8, 4) is 6.07 Å². The highest BCUT2D eigenvalue weighted by atomic mass is 16.3. The summed E-state index contributed by atoms with van der Waals surface area (Å²) in [5.74, 6) is -0.0145. The molecule has 3 rings (SSSR count). The minimum atomic E-state index is -0.213. The Morgan fingerprint density at radius 2 is 1.73 bits per heavy atom. The fourth-order valence-electron chi connectivity index (χ4n) is 3.10. The van der Waals surface area contributed by atoms with E-state index in [9.17, 15) is 14.9 Å². The van der Waals surface area contributed by atoms with Gasteiger partial charge in [-0.1, -0.05) is 0 Å². The van der Waals surface area contributed by atoms with Gasteiger partial charge in [0.05, 0.1) is 6.26 Å². The molecule has 0 radical (unpaired) electrons. The van der Waals surface area contributed by atoms with E-state index in [1.165, 1.54) is 6.26 Å². The van der Waals surface area contributed by atoms with Crippen molar-refractivity contribution in [2.75, 3.05) is 59.4 Å². The molecule has 138 valence electrons. The first-order chi connectivity index (χ1) is 12.6. The molecule has 0 aliphatic carbocycles. The largest absolute Gasteiger partial charge is 0.459 e. The monoisotopic (exact) mass is 357 g/mol. The lowest BCUT2D eigenvalue weighted by atomic mass is 10.2. The van der Waals surface area contributed by atoms with Crippen molar-refractivity contribution in [3.05, 3.63) is 35.9 Å². The van der Waals surface area contributed by atoms with Crippen LogP contribution in [0.2, 0.25) is 0 Å². The van der Waals surface area contributed by atoms with Crippen LogP contribution >= 0.6 is 0 Å². The molecule has 8 nitrogen and oxygen atoms in total. The predicted octanol–water partition coefficient (Wildman–Crippen LogP) is 0.219. The maximum atomic E-state index is 12.6. The molecule has 0 atom stereocenters. The lowest BCUT2D eigenvalue weighted by Crippen LogP contribution is -2.48. The van der Waals surface area contributed by atoms with E-state index in [2.05, 4.69) is 4.90 Å². The van der Waals surface area contributed by atoms with Crippen LogP contribution in [0.1, 0.15) is 10.6 Å². The Hall–Kier alpha value is -2.79. The van der Waals surface area contributed by atoms with Gasteiger partial charge in [0.1, 0.15) is 11.6 Å². The smallest absolute Gasteiger partial charge is 0.289 e. The predicted molar refractivity (Wildman–Crippen MR) is 94.0 cm³/mol. The topological polar surface area (TPSA) is 84.0 Å². The number of piperazine rings is 2. The zero-order chi connectivity index (χ0) is 18.5. The molecule has 2 aliphatic rings. The lowest BCUT2D eigenvalue weighted by Gasteiger charge is -2.34. The summed E-state index contributed by atoms with van der Waals surface area (Å²) in [4.78, 5) is 32.4. The Bertz CT molecular complexity index is 706. The number of carbonyl (C=O) groups is 2. The van der Waals surface area contributed by atoms with Crippen LogP contribution in [0, 0.1) is 11.3 Å². The third-order valence-corrected chi connectivity index (χ3v) is 4.79. The highest BCUT2D eigenvalue weighted by Crippen LogP contribution is 2.12. The van der Waals surface area contributed by atoms with E-state index in [-0.39, 0.29) is 17.4 Å². The van der Waals surface area contributed by atoms with Crippen LogP contribution in [-0.2, 0) is 4.79 Å². The molecular formula is C18H23N5O3. The number of nitrogens with zero attached hydrogens (tertiary/aromatic N) is 5. The highest BCUT2D eigenvalue weighted by molar-refractivity contribution is 5.97. The standard InChI is InChI=1S/C18H23N5O3/c1-20-4-8-22(9-5-20)17(24)15(13-19)14-21-6-10-23(11-7-21)18(25)16-3-2-12-26-16/h2-3,12,14H,4-11H2,1H3/b15-14-. The van der Waals surface area contributed by atoms with Gasteiger partial charge in [-0.2, -0.15) is 5.26 Å². The van der Waals surface area contributed by atoms with Gasteiger partial charge in [0.15, 0.2) is 5.76 Å². The van der Waals surface area contributed by atoms with Gasteiger partial charge in [-0.3, -0.25) is 9.59 Å². The molecule has 1 aromatic heterocycles. The molecule has 0 bridgehead atoms. The molecule has 2 fully saturated rings. The van der Waals surface area contributed by atoms with Gasteiger partial charge < -0.3 is 24.0 Å². The Balaban J connectivity index is 1.57. The van der Waals surface area contributed by atoms with Gasteiger partial charge in [-0.15, -0.1) is 0 Å². The second-order valence-electron chi connectivity index (χ2n) is 6.56. The van der Waals surface area contributed by atoms with Gasteiger partial charge in [0, 0.05) is 58.6 Å². The number of rotatable bonds is 3. The molecule has 0 aromatic carbocycles. The fourth-order valence-corrected chi connectivity index (χ4v) is 3.10. The second kappa shape index (κ2) is 8.06. The van der Waals surface area contributed by atoms with Crippen molar-refractivity contribution in [3.63, 3.8) is 0 Å². The Morgan fingerprint density at radius 1 is 1.08 bits per heavy atom. The number of likely N-dealkylation sites (N-methyl/N-ethyl adjacent to an activating group) is 1. The first-order valence-electron chi connectivity index (χ1n) is 8.75. The Morgan fingerprint density at radius 3 is 2.31 bits per heavy atom. The number of furan rings is 1. The first kappa shape index (κ1) is 18.0. The van der Waals surface area contributed by atoms with Crippen LogP contribution in [0.15, 0.2) is 34.6 Å². The highest BCUT2D eigenvalue weighted by Gasteiger charge is 2.25. The summed E-state index contributed by atoms with van der Waals surface area (Å²) >= 11 is 0. The van der Waals surface area contributed by atoms with Crippen LogP contribution in [0.25, 0.3) is 0 Å². The number of carbonyl (C=O) groups excluding carboxylic acids is 2. The van der Waals surface area contributed by atoms with Crippen molar-refractivity contribution in [2.24, 2.45) is 0 Å². The quantitative estimate of drug-likeness (QED) is 0.568. The third-order valence-electron chi connectivity index (χ3n) is 4.79. The normalized spacial score (nSPS) is 19.4. The molecular weight excluding hydrogens is 334 g/mol. The van der Waals surface area contributed by atoms with Crippen molar-refractivity contribution >= 4 is 11.8 Å². The number of nitriles is 1. The van der Waals surface area contributed by atoms with Crippen LogP contribution in [0.5, 0.6) is 0 Å². The number of hydrogen-bond donors (Lipinski definition) is 0. The van der Waals surface area contributed by atoms with Crippen LogP contribution in [0.3, 0.4) is 0 Å². The summed E-state index contributed by atoms with van der Waals surface area (Å²) in [5, 5.41) is 9.40. The van der Waals surface area contributed by atoms with E-state index in [0.717, 1.165) is 13.1 Å². The van der Waals surface area contributed by atoms with Crippen molar-refractivity contribution in [1.82, 2.24) is 19.6 Å². The van der Waals surface area contributed by atoms with Gasteiger partial charge in [0.2, 0.25) is 0 Å². The Labute approximate surface area is 152 Å². The average molecular weight is 357 g/mol. The Kier molecular flexibility index (Phi) is 5.58. The average Bonchev–Trinajstić information content (AvgIpc) is 3.21. The van der Waals surface area contributed by atoms with E-state index in [0.29, 0.717) is 45.0 Å². The maximum absolute atomic E-state index is 12.6. The van der Waals surface area contributed by atoms with E-state index in [1.54, 1.807) is 28.1 Å². The number of amides is 2. The van der Waals surface area contributed by atoms with Gasteiger partial charge in [-0.05, 0) is 19.2 Å². The van der Waals surface area contributed by atoms with E-state index < -0.39 is 0 Å². The zero-order valence-electron chi connectivity index (χ0n) is 14.9. The molecule has 2 aliphatic heterocycles. The fraction of sp³-hybridized carbons (Fsp3) is 0.500. The molecule has 0 unspecified atom stereocenters. The summed E-state index contributed by atoms with van der Waals surface area (Å²) in [6.07, 6.45) is 3.12. The van der Waals surface area contributed by atoms with Crippen molar-refractivity contribution in [2.45, 2.75) is 0 Å². The molecule has 2 saturated heterocycles. The summed E-state index contributed by atoms with van der Waals surface area (Å²) in [7, 11) is 2.02. The SMILES string of the molecule is CN1CCN(C(=O)/C(C#N)=C\N2CCN(C(=O)c3ccco3)CC2)CC1. The van der Waals surface area contributed by atoms with Crippen molar-refractivity contribution < 1.29 is 14.0 Å². The molecule has 0 N–H and O–H groups in total. The van der Waals surface area contributed by atoms with Crippen LogP contribution in [0.4, 0.5) is 0 Å². The van der Waals surface area contributed by atoms with E-state index in [4.69, 9.17) is 4.42 Å². The summed E-state index contributed by atoms with van der Waals surface area (Å²) in [6, 6.07) is 5.37. The molecule has 0 spiro atoms. The van der Waals surface area contributed by atoms with Gasteiger partial charge in [-0.25, -0.2) is 0 Å². The summed E-state index contributed by atoms with van der Waals surface area (Å²) in [5.41, 5.74) is 0.153. The lowest BCUT2D eigenvalue weighted by molar-refractivity contribution is -0.128. The molecule has 3 heterocycles. The number of hydrogen-bond acceptors (Lipinski definition) is 6. The zero-order valence-corrected chi connectivity index (χ0v) is 14.9. The second-order valence-corrected chi connectivity index (χ2v) is 6.56. The summed E-state index contributed by atoms with van der Waals surface area (Å²) in [6.45, 7) is 5.12. The van der Waals surface area contributed by atoms with E-state index in [1.807, 2.05) is 18.0 Å². The molecule has 26 heavy (non-hydrogen) atoms. The minimum Gasteiger partial charge on any atom is -0.459 e. The third kappa shape index (κ3) is 4.06. The van der Waals surface area contributed by atoms with Gasteiger partial charge in [0.25, 0.3) is 11.8 Å². The van der Waals surface area contributed by atoms with Gasteiger partial charge >= 0.3 is 0 Å². The molecule has 1 aromatic rings. The minimum absolute atomic E-state index is 0.132. The first-order valence-corrected chi connectivity index (χ1v) is 8.75. The van der Waals surface area contributed by atoms with Crippen molar-refractivity contribution in [1.29, 1.82) is 5.26 Å².